The fourth-order valence-electron chi connectivity index (χ4n) is 2.35. The van der Waals surface area contributed by atoms with Crippen molar-refractivity contribution < 1.29 is 4.74 Å². The van der Waals surface area contributed by atoms with Gasteiger partial charge in [-0.1, -0.05) is 19.1 Å². The first kappa shape index (κ1) is 15.1. The van der Waals surface area contributed by atoms with Gasteiger partial charge in [0.2, 0.25) is 0 Å². The van der Waals surface area contributed by atoms with E-state index in [1.54, 1.807) is 7.11 Å². The van der Waals surface area contributed by atoms with Gasteiger partial charge in [0, 0.05) is 10.9 Å². The van der Waals surface area contributed by atoms with Crippen LogP contribution in [0.15, 0.2) is 35.7 Å². The monoisotopic (exact) mass is 289 g/mol. The lowest BCUT2D eigenvalue weighted by molar-refractivity contribution is 0.414. The molecule has 0 aliphatic heterocycles. The van der Waals surface area contributed by atoms with Crippen LogP contribution in [0, 0.1) is 6.92 Å². The van der Waals surface area contributed by atoms with Crippen molar-refractivity contribution in [3.05, 3.63) is 51.7 Å². The lowest BCUT2D eigenvalue weighted by Crippen LogP contribution is -2.23. The third kappa shape index (κ3) is 3.84. The molecule has 1 aromatic heterocycles. The van der Waals surface area contributed by atoms with Gasteiger partial charge in [0.05, 0.1) is 7.11 Å². The number of hydrogen-bond acceptors (Lipinski definition) is 3. The Labute approximate surface area is 125 Å². The van der Waals surface area contributed by atoms with Gasteiger partial charge < -0.3 is 10.1 Å². The number of aryl methyl sites for hydroxylation is 1. The van der Waals surface area contributed by atoms with Crippen molar-refractivity contribution >= 4 is 11.3 Å². The first-order chi connectivity index (χ1) is 9.74. The number of ether oxygens (including phenoxy) is 1. The second-order valence-electron chi connectivity index (χ2n) is 5.03. The topological polar surface area (TPSA) is 21.3 Å². The van der Waals surface area contributed by atoms with E-state index in [1.165, 1.54) is 16.0 Å². The molecule has 3 heteroatoms. The third-order valence-electron chi connectivity index (χ3n) is 3.43. The van der Waals surface area contributed by atoms with Gasteiger partial charge in [-0.3, -0.25) is 0 Å². The Hall–Kier alpha value is -1.32. The SMILES string of the molecule is CCCNC(Cc1cccc(OC)c1)c1sccc1C. The molecule has 0 bridgehead atoms. The van der Waals surface area contributed by atoms with Crippen LogP contribution in [0.4, 0.5) is 0 Å². The zero-order chi connectivity index (χ0) is 14.4. The predicted molar refractivity (Wildman–Crippen MR) is 86.8 cm³/mol. The number of benzene rings is 1. The summed E-state index contributed by atoms with van der Waals surface area (Å²) in [5.41, 5.74) is 2.69. The second-order valence-corrected chi connectivity index (χ2v) is 5.98. The molecule has 1 N–H and O–H groups in total. The van der Waals surface area contributed by atoms with Crippen molar-refractivity contribution in [2.24, 2.45) is 0 Å². The molecule has 0 aliphatic rings. The van der Waals surface area contributed by atoms with Crippen LogP contribution >= 0.6 is 11.3 Å². The summed E-state index contributed by atoms with van der Waals surface area (Å²) < 4.78 is 5.31. The van der Waals surface area contributed by atoms with Crippen LogP contribution in [0.5, 0.6) is 5.75 Å². The van der Waals surface area contributed by atoms with Crippen LogP contribution < -0.4 is 10.1 Å². The van der Waals surface area contributed by atoms with Crippen molar-refractivity contribution in [2.75, 3.05) is 13.7 Å². The smallest absolute Gasteiger partial charge is 0.119 e. The summed E-state index contributed by atoms with van der Waals surface area (Å²) in [5.74, 6) is 0.930. The van der Waals surface area contributed by atoms with Crippen molar-refractivity contribution in [1.29, 1.82) is 0 Å². The van der Waals surface area contributed by atoms with E-state index in [1.807, 2.05) is 17.4 Å². The van der Waals surface area contributed by atoms with E-state index in [0.29, 0.717) is 6.04 Å². The molecule has 108 valence electrons. The fraction of sp³-hybridized carbons (Fsp3) is 0.412. The highest BCUT2D eigenvalue weighted by Crippen LogP contribution is 2.27. The summed E-state index contributed by atoms with van der Waals surface area (Å²) in [6, 6.07) is 10.9. The average molecular weight is 289 g/mol. The Balaban J connectivity index is 2.17. The largest absolute Gasteiger partial charge is 0.497 e. The number of rotatable bonds is 7. The zero-order valence-corrected chi connectivity index (χ0v) is 13.3. The highest BCUT2D eigenvalue weighted by atomic mass is 32.1. The van der Waals surface area contributed by atoms with E-state index >= 15 is 0 Å². The Morgan fingerprint density at radius 3 is 2.80 bits per heavy atom. The molecule has 0 saturated heterocycles. The molecule has 2 aromatic rings. The summed E-state index contributed by atoms with van der Waals surface area (Å²) in [4.78, 5) is 1.45. The van der Waals surface area contributed by atoms with Crippen molar-refractivity contribution in [1.82, 2.24) is 5.32 Å². The van der Waals surface area contributed by atoms with Crippen LogP contribution in [-0.4, -0.2) is 13.7 Å². The van der Waals surface area contributed by atoms with Crippen LogP contribution in [0.1, 0.15) is 35.4 Å². The van der Waals surface area contributed by atoms with Crippen LogP contribution in [0.25, 0.3) is 0 Å². The van der Waals surface area contributed by atoms with E-state index in [-0.39, 0.29) is 0 Å². The summed E-state index contributed by atoms with van der Waals surface area (Å²) in [5, 5.41) is 5.85. The maximum absolute atomic E-state index is 5.31. The van der Waals surface area contributed by atoms with Gasteiger partial charge in [-0.25, -0.2) is 0 Å². The first-order valence-corrected chi connectivity index (χ1v) is 8.03. The predicted octanol–water partition coefficient (Wildman–Crippen LogP) is 4.35. The van der Waals surface area contributed by atoms with E-state index in [2.05, 4.69) is 48.8 Å². The van der Waals surface area contributed by atoms with Gasteiger partial charge in [0.1, 0.15) is 5.75 Å². The Kier molecular flexibility index (Phi) is 5.62. The van der Waals surface area contributed by atoms with Crippen LogP contribution in [0.3, 0.4) is 0 Å². The molecule has 0 spiro atoms. The van der Waals surface area contributed by atoms with Crippen LogP contribution in [0.2, 0.25) is 0 Å². The average Bonchev–Trinajstić information content (AvgIpc) is 2.90. The van der Waals surface area contributed by atoms with E-state index in [9.17, 15) is 0 Å². The summed E-state index contributed by atoms with van der Waals surface area (Å²) in [6.45, 7) is 5.45. The molecule has 0 saturated carbocycles. The second kappa shape index (κ2) is 7.46. The molecule has 2 rings (SSSR count). The van der Waals surface area contributed by atoms with Crippen molar-refractivity contribution in [3.63, 3.8) is 0 Å². The quantitative estimate of drug-likeness (QED) is 0.818. The number of methoxy groups -OCH3 is 1. The molecule has 2 nitrogen and oxygen atoms in total. The molecule has 0 amide bonds. The van der Waals surface area contributed by atoms with Gasteiger partial charge >= 0.3 is 0 Å². The Morgan fingerprint density at radius 2 is 2.15 bits per heavy atom. The van der Waals surface area contributed by atoms with Gasteiger partial charge in [-0.15, -0.1) is 11.3 Å². The number of nitrogens with one attached hydrogen (secondary N) is 1. The third-order valence-corrected chi connectivity index (χ3v) is 4.57. The van der Waals surface area contributed by atoms with Gasteiger partial charge in [0.15, 0.2) is 0 Å². The number of hydrogen-bond donors (Lipinski definition) is 1. The zero-order valence-electron chi connectivity index (χ0n) is 12.5. The first-order valence-electron chi connectivity index (χ1n) is 7.15. The van der Waals surface area contributed by atoms with Crippen molar-refractivity contribution in [2.45, 2.75) is 32.7 Å². The van der Waals surface area contributed by atoms with E-state index in [0.717, 1.165) is 25.1 Å². The van der Waals surface area contributed by atoms with Gasteiger partial charge in [-0.05, 0) is 61.0 Å². The minimum absolute atomic E-state index is 0.391. The molecule has 1 unspecified atom stereocenters. The molecule has 1 aromatic carbocycles. The lowest BCUT2D eigenvalue weighted by Gasteiger charge is -2.19. The standard InChI is InChI=1S/C17H23NOS/c1-4-9-18-16(17-13(2)8-10-20-17)12-14-6-5-7-15(11-14)19-3/h5-8,10-11,16,18H,4,9,12H2,1-3H3. The molecular weight excluding hydrogens is 266 g/mol. The summed E-state index contributed by atoms with van der Waals surface area (Å²) >= 11 is 1.84. The molecular formula is C17H23NOS. The Bertz CT molecular complexity index is 535. The minimum atomic E-state index is 0.391. The molecule has 1 heterocycles. The molecule has 0 radical (unpaired) electrons. The molecule has 0 fully saturated rings. The maximum atomic E-state index is 5.31. The van der Waals surface area contributed by atoms with E-state index in [4.69, 9.17) is 4.74 Å². The molecule has 20 heavy (non-hydrogen) atoms. The van der Waals surface area contributed by atoms with Gasteiger partial charge in [-0.2, -0.15) is 0 Å². The lowest BCUT2D eigenvalue weighted by atomic mass is 10.0. The highest BCUT2D eigenvalue weighted by Gasteiger charge is 2.15. The number of thiophene rings is 1. The van der Waals surface area contributed by atoms with Gasteiger partial charge in [0.25, 0.3) is 0 Å². The summed E-state index contributed by atoms with van der Waals surface area (Å²) in [7, 11) is 1.72. The fourth-order valence-corrected chi connectivity index (χ4v) is 3.36. The minimum Gasteiger partial charge on any atom is -0.497 e. The molecule has 0 aliphatic carbocycles. The highest BCUT2D eigenvalue weighted by molar-refractivity contribution is 7.10. The Morgan fingerprint density at radius 1 is 1.30 bits per heavy atom. The maximum Gasteiger partial charge on any atom is 0.119 e. The summed E-state index contributed by atoms with van der Waals surface area (Å²) in [6.07, 6.45) is 2.15. The van der Waals surface area contributed by atoms with Crippen molar-refractivity contribution in [3.8, 4) is 5.75 Å². The molecule has 1 atom stereocenters. The van der Waals surface area contributed by atoms with E-state index < -0.39 is 0 Å². The van der Waals surface area contributed by atoms with Crippen LogP contribution in [-0.2, 0) is 6.42 Å². The normalized spacial score (nSPS) is 12.3.